The van der Waals surface area contributed by atoms with Crippen molar-refractivity contribution in [3.63, 3.8) is 0 Å². The largest absolute Gasteiger partial charge is 0.497 e. The number of alkyl halides is 3. The summed E-state index contributed by atoms with van der Waals surface area (Å²) in [7, 11) is 2.94. The molecule has 0 spiro atoms. The Morgan fingerprint density at radius 1 is 1.06 bits per heavy atom. The third-order valence-corrected chi connectivity index (χ3v) is 4.98. The first-order valence-corrected chi connectivity index (χ1v) is 10.5. The van der Waals surface area contributed by atoms with Crippen LogP contribution in [-0.4, -0.2) is 30.9 Å². The van der Waals surface area contributed by atoms with Gasteiger partial charge in [0, 0.05) is 17.0 Å². The molecule has 0 saturated heterocycles. The lowest BCUT2D eigenvalue weighted by Gasteiger charge is -2.27. The van der Waals surface area contributed by atoms with Crippen LogP contribution in [0.5, 0.6) is 11.5 Å². The summed E-state index contributed by atoms with van der Waals surface area (Å²) in [6.07, 6.45) is -5.53. The quantitative estimate of drug-likeness (QED) is 0.433. The first-order chi connectivity index (χ1) is 16.4. The predicted molar refractivity (Wildman–Crippen MR) is 123 cm³/mol. The Hall–Kier alpha value is -4.00. The molecule has 0 atom stereocenters. The molecule has 1 aromatic heterocycles. The molecule has 0 aliphatic rings. The minimum absolute atomic E-state index is 0.0252. The van der Waals surface area contributed by atoms with Crippen molar-refractivity contribution in [2.45, 2.75) is 39.1 Å². The van der Waals surface area contributed by atoms with E-state index in [1.165, 1.54) is 26.4 Å². The molecule has 0 aliphatic carbocycles. The van der Waals surface area contributed by atoms with Gasteiger partial charge in [-0.1, -0.05) is 0 Å². The summed E-state index contributed by atoms with van der Waals surface area (Å²) in [6.45, 7) is 4.91. The molecular weight excluding hydrogens is 463 g/mol. The maximum Gasteiger partial charge on any atom is 0.418 e. The first-order valence-electron chi connectivity index (χ1n) is 10.5. The van der Waals surface area contributed by atoms with Gasteiger partial charge < -0.3 is 14.2 Å². The summed E-state index contributed by atoms with van der Waals surface area (Å²) >= 11 is 0. The van der Waals surface area contributed by atoms with Crippen LogP contribution in [0.25, 0.3) is 10.9 Å². The number of benzene rings is 2. The van der Waals surface area contributed by atoms with Crippen LogP contribution in [0, 0.1) is 11.3 Å². The van der Waals surface area contributed by atoms with Crippen LogP contribution in [0.1, 0.15) is 37.5 Å². The lowest BCUT2D eigenvalue weighted by molar-refractivity contribution is -0.136. The Morgan fingerprint density at radius 2 is 1.77 bits per heavy atom. The summed E-state index contributed by atoms with van der Waals surface area (Å²) in [5.41, 5.74) is -1.75. The Labute approximate surface area is 200 Å². The standard InChI is InChI=1S/C25H24F3N3O4/c1-24(2,3)35-23(32)31(14-16-6-8-17(33-4)12-20(16)34-5)21-11-9-18-15(13-29)7-10-19(22(18)30-21)25(26,27)28/h6-12H,14H2,1-5H3. The predicted octanol–water partition coefficient (Wildman–Crippen LogP) is 6.08. The highest BCUT2D eigenvalue weighted by Crippen LogP contribution is 2.36. The smallest absolute Gasteiger partial charge is 0.418 e. The lowest BCUT2D eigenvalue weighted by Crippen LogP contribution is -2.37. The number of halogens is 3. The Morgan fingerprint density at radius 3 is 2.34 bits per heavy atom. The Kier molecular flexibility index (Phi) is 7.10. The van der Waals surface area contributed by atoms with Crippen molar-refractivity contribution in [3.05, 3.63) is 59.2 Å². The van der Waals surface area contributed by atoms with Crippen LogP contribution < -0.4 is 14.4 Å². The number of hydrogen-bond acceptors (Lipinski definition) is 6. The van der Waals surface area contributed by atoms with Gasteiger partial charge in [-0.3, -0.25) is 4.90 Å². The van der Waals surface area contributed by atoms with Crippen LogP contribution in [-0.2, 0) is 17.5 Å². The SMILES string of the molecule is COc1ccc(CN(C(=O)OC(C)(C)C)c2ccc3c(C#N)ccc(C(F)(F)F)c3n2)c(OC)c1. The molecule has 10 heteroatoms. The molecule has 0 unspecified atom stereocenters. The molecule has 0 radical (unpaired) electrons. The van der Waals surface area contributed by atoms with Gasteiger partial charge >= 0.3 is 12.3 Å². The van der Waals surface area contributed by atoms with E-state index in [1.807, 2.05) is 6.07 Å². The summed E-state index contributed by atoms with van der Waals surface area (Å²) < 4.78 is 57.3. The van der Waals surface area contributed by atoms with Crippen LogP contribution >= 0.6 is 0 Å². The molecule has 0 aliphatic heterocycles. The number of aromatic nitrogens is 1. The zero-order valence-corrected chi connectivity index (χ0v) is 19.9. The summed E-state index contributed by atoms with van der Waals surface area (Å²) in [4.78, 5) is 18.4. The van der Waals surface area contributed by atoms with E-state index >= 15 is 0 Å². The maximum absolute atomic E-state index is 13.7. The fraction of sp³-hybridized carbons (Fsp3) is 0.320. The monoisotopic (exact) mass is 487 g/mol. The molecule has 0 bridgehead atoms. The number of methoxy groups -OCH3 is 2. The van der Waals surface area contributed by atoms with E-state index in [4.69, 9.17) is 14.2 Å². The van der Waals surface area contributed by atoms with Gasteiger partial charge in [0.1, 0.15) is 22.9 Å². The number of nitrogens with zero attached hydrogens (tertiary/aromatic N) is 3. The number of rotatable bonds is 5. The molecule has 7 nitrogen and oxygen atoms in total. The topological polar surface area (TPSA) is 84.7 Å². The van der Waals surface area contributed by atoms with Crippen molar-refractivity contribution < 1.29 is 32.2 Å². The van der Waals surface area contributed by atoms with E-state index in [1.54, 1.807) is 39.0 Å². The van der Waals surface area contributed by atoms with Crippen molar-refractivity contribution in [3.8, 4) is 17.6 Å². The average Bonchev–Trinajstić information content (AvgIpc) is 2.79. The molecule has 3 rings (SSSR count). The highest BCUT2D eigenvalue weighted by atomic mass is 19.4. The van der Waals surface area contributed by atoms with Gasteiger partial charge in [0.2, 0.25) is 0 Å². The Balaban J connectivity index is 2.19. The number of nitriles is 1. The second-order valence-corrected chi connectivity index (χ2v) is 8.58. The van der Waals surface area contributed by atoms with E-state index in [0.29, 0.717) is 17.1 Å². The van der Waals surface area contributed by atoms with Crippen LogP contribution in [0.15, 0.2) is 42.5 Å². The lowest BCUT2D eigenvalue weighted by atomic mass is 10.0. The number of ether oxygens (including phenoxy) is 3. The number of carbonyl (C=O) groups is 1. The third-order valence-electron chi connectivity index (χ3n) is 4.98. The molecule has 1 heterocycles. The molecule has 0 saturated carbocycles. The summed E-state index contributed by atoms with van der Waals surface area (Å²) in [6, 6.07) is 11.5. The molecule has 35 heavy (non-hydrogen) atoms. The van der Waals surface area contributed by atoms with Crippen LogP contribution in [0.2, 0.25) is 0 Å². The number of anilines is 1. The fourth-order valence-corrected chi connectivity index (χ4v) is 3.39. The molecule has 0 N–H and O–H groups in total. The van der Waals surface area contributed by atoms with Gasteiger partial charge in [-0.15, -0.1) is 0 Å². The zero-order chi connectivity index (χ0) is 26.0. The third kappa shape index (κ3) is 5.74. The minimum atomic E-state index is -4.71. The number of fused-ring (bicyclic) bond motifs is 1. The van der Waals surface area contributed by atoms with Gasteiger partial charge in [-0.25, -0.2) is 9.78 Å². The van der Waals surface area contributed by atoms with E-state index in [2.05, 4.69) is 4.98 Å². The van der Waals surface area contributed by atoms with Crippen molar-refractivity contribution in [1.29, 1.82) is 5.26 Å². The van der Waals surface area contributed by atoms with Crippen LogP contribution in [0.4, 0.5) is 23.8 Å². The normalized spacial score (nSPS) is 11.6. The van der Waals surface area contributed by atoms with Crippen LogP contribution in [0.3, 0.4) is 0 Å². The zero-order valence-electron chi connectivity index (χ0n) is 19.9. The highest BCUT2D eigenvalue weighted by molar-refractivity contribution is 5.92. The second-order valence-electron chi connectivity index (χ2n) is 8.58. The van der Waals surface area contributed by atoms with E-state index in [-0.39, 0.29) is 23.3 Å². The number of hydrogen-bond donors (Lipinski definition) is 0. The maximum atomic E-state index is 13.7. The van der Waals surface area contributed by atoms with E-state index in [0.717, 1.165) is 17.0 Å². The van der Waals surface area contributed by atoms with Gasteiger partial charge in [0.25, 0.3) is 0 Å². The second kappa shape index (κ2) is 9.70. The van der Waals surface area contributed by atoms with E-state index in [9.17, 15) is 23.2 Å². The number of carbonyl (C=O) groups excluding carboxylic acids is 1. The number of pyridine rings is 1. The van der Waals surface area contributed by atoms with Gasteiger partial charge in [0.05, 0.1) is 43.5 Å². The van der Waals surface area contributed by atoms with Gasteiger partial charge in [-0.05, 0) is 57.2 Å². The van der Waals surface area contributed by atoms with Gasteiger partial charge in [-0.2, -0.15) is 18.4 Å². The molecule has 2 aromatic carbocycles. The molecule has 3 aromatic rings. The molecular formula is C25H24F3N3O4. The summed E-state index contributed by atoms with van der Waals surface area (Å²) in [5.74, 6) is 0.851. The number of amides is 1. The van der Waals surface area contributed by atoms with Crippen molar-refractivity contribution in [1.82, 2.24) is 4.98 Å². The highest BCUT2D eigenvalue weighted by Gasteiger charge is 2.34. The van der Waals surface area contributed by atoms with Crippen molar-refractivity contribution in [2.24, 2.45) is 0 Å². The van der Waals surface area contributed by atoms with Crippen molar-refractivity contribution >= 4 is 22.8 Å². The van der Waals surface area contributed by atoms with Crippen molar-refractivity contribution in [2.75, 3.05) is 19.1 Å². The first kappa shape index (κ1) is 25.6. The fourth-order valence-electron chi connectivity index (χ4n) is 3.39. The molecule has 0 fully saturated rings. The molecule has 1 amide bonds. The van der Waals surface area contributed by atoms with E-state index < -0.39 is 29.0 Å². The summed E-state index contributed by atoms with van der Waals surface area (Å²) in [5, 5.41) is 9.38. The molecule has 184 valence electrons. The minimum Gasteiger partial charge on any atom is -0.497 e. The Bertz CT molecular complexity index is 1290. The average molecular weight is 487 g/mol. The van der Waals surface area contributed by atoms with Gasteiger partial charge in [0.15, 0.2) is 0 Å².